The number of rotatable bonds is 7. The zero-order valence-electron chi connectivity index (χ0n) is 15.9. The molecule has 0 aliphatic rings. The highest BCUT2D eigenvalue weighted by Gasteiger charge is 2.11. The summed E-state index contributed by atoms with van der Waals surface area (Å²) < 4.78 is 7.17. The maximum atomic E-state index is 12.1. The van der Waals surface area contributed by atoms with Gasteiger partial charge in [0.2, 0.25) is 0 Å². The molecule has 3 rings (SSSR count). The minimum atomic E-state index is -0.449. The molecule has 1 amide bonds. The quantitative estimate of drug-likeness (QED) is 0.186. The van der Waals surface area contributed by atoms with E-state index in [0.29, 0.717) is 31.5 Å². The van der Waals surface area contributed by atoms with Crippen molar-refractivity contribution in [1.82, 2.24) is 5.43 Å². The number of non-ortho nitro benzene ring substituents is 1. The van der Waals surface area contributed by atoms with Gasteiger partial charge in [0.25, 0.3) is 11.6 Å². The molecular formula is C21H16Br2N4O4. The molecular weight excluding hydrogens is 532 g/mol. The first-order valence-corrected chi connectivity index (χ1v) is 10.5. The van der Waals surface area contributed by atoms with Crippen LogP contribution in [0.4, 0.5) is 11.4 Å². The van der Waals surface area contributed by atoms with Crippen LogP contribution < -0.4 is 15.9 Å². The maximum absolute atomic E-state index is 12.1. The van der Waals surface area contributed by atoms with Crippen LogP contribution >= 0.6 is 31.9 Å². The second kappa shape index (κ2) is 10.2. The first kappa shape index (κ1) is 22.4. The standard InChI is InChI=1S/C21H16Br2N4O4/c22-17-9-14(11-25-26-21(28)16-3-1-2-4-19(16)24)10-18(23)20(17)31-12-13-5-7-15(8-6-13)27(29)30/h1-11H,12,24H2,(H,26,28)/b25-11-. The minimum absolute atomic E-state index is 0.0248. The summed E-state index contributed by atoms with van der Waals surface area (Å²) in [5, 5.41) is 14.7. The molecule has 3 N–H and O–H groups in total. The summed E-state index contributed by atoms with van der Waals surface area (Å²) in [4.78, 5) is 22.4. The van der Waals surface area contributed by atoms with Gasteiger partial charge in [0.1, 0.15) is 12.4 Å². The highest BCUT2D eigenvalue weighted by molar-refractivity contribution is 9.11. The normalized spacial score (nSPS) is 10.8. The molecule has 0 aromatic heterocycles. The van der Waals surface area contributed by atoms with Crippen molar-refractivity contribution >= 4 is 55.4 Å². The SMILES string of the molecule is Nc1ccccc1C(=O)N/N=C\c1cc(Br)c(OCc2ccc([N+](=O)[O-])cc2)c(Br)c1. The molecule has 3 aromatic rings. The third-order valence-corrected chi connectivity index (χ3v) is 5.31. The summed E-state index contributed by atoms with van der Waals surface area (Å²) >= 11 is 6.92. The summed E-state index contributed by atoms with van der Waals surface area (Å²) in [6, 6.07) is 16.4. The van der Waals surface area contributed by atoms with Gasteiger partial charge in [-0.3, -0.25) is 14.9 Å². The summed E-state index contributed by atoms with van der Waals surface area (Å²) in [5.41, 5.74) is 10.5. The number of ether oxygens (including phenoxy) is 1. The zero-order valence-corrected chi connectivity index (χ0v) is 19.1. The predicted molar refractivity (Wildman–Crippen MR) is 125 cm³/mol. The number of hydrogen-bond donors (Lipinski definition) is 2. The smallest absolute Gasteiger partial charge is 0.273 e. The minimum Gasteiger partial charge on any atom is -0.487 e. The number of para-hydroxylation sites is 1. The summed E-state index contributed by atoms with van der Waals surface area (Å²) in [6.45, 7) is 0.233. The lowest BCUT2D eigenvalue weighted by Crippen LogP contribution is -2.19. The number of nitrogens with one attached hydrogen (secondary N) is 1. The molecule has 3 aromatic carbocycles. The molecule has 0 saturated carbocycles. The molecule has 0 bridgehead atoms. The number of carbonyl (C=O) groups is 1. The summed E-state index contributed by atoms with van der Waals surface area (Å²) in [7, 11) is 0. The molecule has 0 radical (unpaired) electrons. The molecule has 0 fully saturated rings. The van der Waals surface area contributed by atoms with Crippen LogP contribution in [-0.4, -0.2) is 17.0 Å². The number of halogens is 2. The predicted octanol–water partition coefficient (Wildman–Crippen LogP) is 5.04. The largest absolute Gasteiger partial charge is 0.487 e. The van der Waals surface area contributed by atoms with Gasteiger partial charge >= 0.3 is 0 Å². The number of nitro benzene ring substituents is 1. The van der Waals surface area contributed by atoms with E-state index in [1.807, 2.05) is 0 Å². The number of benzene rings is 3. The average molecular weight is 548 g/mol. The van der Waals surface area contributed by atoms with E-state index in [0.717, 1.165) is 5.56 Å². The Morgan fingerprint density at radius 2 is 1.77 bits per heavy atom. The van der Waals surface area contributed by atoms with Crippen molar-refractivity contribution in [3.63, 3.8) is 0 Å². The average Bonchev–Trinajstić information content (AvgIpc) is 2.73. The Morgan fingerprint density at radius 3 is 2.39 bits per heavy atom. The summed E-state index contributed by atoms with van der Waals surface area (Å²) in [6.07, 6.45) is 1.49. The van der Waals surface area contributed by atoms with Crippen LogP contribution in [0.5, 0.6) is 5.75 Å². The van der Waals surface area contributed by atoms with Crippen LogP contribution in [0.3, 0.4) is 0 Å². The topological polar surface area (TPSA) is 120 Å². The molecule has 0 saturated heterocycles. The first-order valence-electron chi connectivity index (χ1n) is 8.88. The molecule has 10 heteroatoms. The van der Waals surface area contributed by atoms with Crippen LogP contribution in [0.25, 0.3) is 0 Å². The lowest BCUT2D eigenvalue weighted by molar-refractivity contribution is -0.384. The Hall–Kier alpha value is -3.24. The van der Waals surface area contributed by atoms with Crippen molar-refractivity contribution in [2.45, 2.75) is 6.61 Å². The number of nitrogens with zero attached hydrogens (tertiary/aromatic N) is 2. The highest BCUT2D eigenvalue weighted by atomic mass is 79.9. The second-order valence-electron chi connectivity index (χ2n) is 6.31. The second-order valence-corrected chi connectivity index (χ2v) is 8.02. The highest BCUT2D eigenvalue weighted by Crippen LogP contribution is 2.35. The van der Waals surface area contributed by atoms with E-state index in [1.54, 1.807) is 48.5 Å². The number of anilines is 1. The van der Waals surface area contributed by atoms with Gasteiger partial charge in [-0.25, -0.2) is 5.43 Å². The van der Waals surface area contributed by atoms with E-state index < -0.39 is 10.8 Å². The Morgan fingerprint density at radius 1 is 1.13 bits per heavy atom. The van der Waals surface area contributed by atoms with Gasteiger partial charge < -0.3 is 10.5 Å². The zero-order chi connectivity index (χ0) is 22.4. The fraction of sp³-hybridized carbons (Fsp3) is 0.0476. The van der Waals surface area contributed by atoms with Crippen molar-refractivity contribution in [3.05, 3.63) is 96.4 Å². The van der Waals surface area contributed by atoms with Crippen molar-refractivity contribution in [1.29, 1.82) is 0 Å². The van der Waals surface area contributed by atoms with Crippen molar-refractivity contribution in [2.75, 3.05) is 5.73 Å². The van der Waals surface area contributed by atoms with E-state index in [2.05, 4.69) is 42.4 Å². The van der Waals surface area contributed by atoms with Gasteiger partial charge in [-0.05, 0) is 79.4 Å². The molecule has 158 valence electrons. The number of nitrogen functional groups attached to an aromatic ring is 1. The Balaban J connectivity index is 1.64. The van der Waals surface area contributed by atoms with Gasteiger partial charge in [0, 0.05) is 17.8 Å². The number of nitrogens with two attached hydrogens (primary N) is 1. The monoisotopic (exact) mass is 546 g/mol. The van der Waals surface area contributed by atoms with E-state index in [9.17, 15) is 14.9 Å². The van der Waals surface area contributed by atoms with Crippen molar-refractivity contribution in [3.8, 4) is 5.75 Å². The van der Waals surface area contributed by atoms with E-state index in [1.165, 1.54) is 18.3 Å². The number of hydrazone groups is 1. The third-order valence-electron chi connectivity index (χ3n) is 4.14. The van der Waals surface area contributed by atoms with Crippen LogP contribution in [0.15, 0.2) is 74.7 Å². The fourth-order valence-electron chi connectivity index (χ4n) is 2.59. The number of amides is 1. The molecule has 0 heterocycles. The van der Waals surface area contributed by atoms with E-state index in [4.69, 9.17) is 10.5 Å². The van der Waals surface area contributed by atoms with Crippen LogP contribution in [0, 0.1) is 10.1 Å². The van der Waals surface area contributed by atoms with Crippen molar-refractivity contribution < 1.29 is 14.5 Å². The Labute approximate surface area is 194 Å². The Bertz CT molecular complexity index is 1130. The molecule has 0 aliphatic heterocycles. The molecule has 0 aliphatic carbocycles. The lowest BCUT2D eigenvalue weighted by Gasteiger charge is -2.11. The van der Waals surface area contributed by atoms with Crippen molar-refractivity contribution in [2.24, 2.45) is 5.10 Å². The first-order chi connectivity index (χ1) is 14.8. The molecule has 31 heavy (non-hydrogen) atoms. The third kappa shape index (κ3) is 5.89. The Kier molecular flexibility index (Phi) is 7.37. The summed E-state index contributed by atoms with van der Waals surface area (Å²) in [5.74, 6) is 0.159. The number of nitro groups is 1. The van der Waals surface area contributed by atoms with E-state index in [-0.39, 0.29) is 12.3 Å². The molecule has 8 nitrogen and oxygen atoms in total. The molecule has 0 spiro atoms. The van der Waals surface area contributed by atoms with Gasteiger partial charge in [-0.15, -0.1) is 0 Å². The fourth-order valence-corrected chi connectivity index (χ4v) is 4.04. The molecule has 0 unspecified atom stereocenters. The van der Waals surface area contributed by atoms with Gasteiger partial charge in [0.15, 0.2) is 0 Å². The number of carbonyl (C=O) groups excluding carboxylic acids is 1. The van der Waals surface area contributed by atoms with Crippen LogP contribution in [0.1, 0.15) is 21.5 Å². The van der Waals surface area contributed by atoms with Gasteiger partial charge in [-0.1, -0.05) is 12.1 Å². The van der Waals surface area contributed by atoms with Crippen LogP contribution in [-0.2, 0) is 6.61 Å². The number of hydrogen-bond acceptors (Lipinski definition) is 6. The van der Waals surface area contributed by atoms with Gasteiger partial charge in [0.05, 0.1) is 25.6 Å². The van der Waals surface area contributed by atoms with Gasteiger partial charge in [-0.2, -0.15) is 5.10 Å². The van der Waals surface area contributed by atoms with E-state index >= 15 is 0 Å². The molecule has 0 atom stereocenters. The van der Waals surface area contributed by atoms with Crippen LogP contribution in [0.2, 0.25) is 0 Å². The maximum Gasteiger partial charge on any atom is 0.273 e. The lowest BCUT2D eigenvalue weighted by atomic mass is 10.2.